The fourth-order valence-electron chi connectivity index (χ4n) is 5.40. The summed E-state index contributed by atoms with van der Waals surface area (Å²) < 4.78 is 66.8. The van der Waals surface area contributed by atoms with Crippen LogP contribution in [-0.4, -0.2) is 44.5 Å². The van der Waals surface area contributed by atoms with Crippen LogP contribution in [0.3, 0.4) is 0 Å². The normalized spacial score (nSPS) is 11.3. The second-order valence-electron chi connectivity index (χ2n) is 11.1. The molecule has 1 N–H and O–H groups in total. The van der Waals surface area contributed by atoms with Crippen molar-refractivity contribution in [3.63, 3.8) is 0 Å². The van der Waals surface area contributed by atoms with E-state index in [-0.39, 0.29) is 22.6 Å². The van der Waals surface area contributed by atoms with Gasteiger partial charge in [0.25, 0.3) is 0 Å². The minimum atomic E-state index is -4.37. The smallest absolute Gasteiger partial charge is 0.416 e. The van der Waals surface area contributed by atoms with Crippen LogP contribution in [0.25, 0.3) is 0 Å². The fourth-order valence-corrected chi connectivity index (χ4v) is 5.40. The van der Waals surface area contributed by atoms with E-state index in [2.05, 4.69) is 0 Å². The van der Waals surface area contributed by atoms with Crippen LogP contribution in [0.2, 0.25) is 0 Å². The largest absolute Gasteiger partial charge is 0.496 e. The summed E-state index contributed by atoms with van der Waals surface area (Å²) in [5.41, 5.74) is 2.89. The van der Waals surface area contributed by atoms with E-state index in [9.17, 15) is 27.9 Å². The molecule has 0 aliphatic heterocycles. The molecular weight excluding hydrogens is 605 g/mol. The summed E-state index contributed by atoms with van der Waals surface area (Å²) in [6.45, 7) is 11.3. The van der Waals surface area contributed by atoms with Gasteiger partial charge < -0.3 is 28.8 Å². The molecule has 11 heteroatoms. The molecule has 8 nitrogen and oxygen atoms in total. The van der Waals surface area contributed by atoms with Crippen molar-refractivity contribution in [3.05, 3.63) is 74.3 Å². The van der Waals surface area contributed by atoms with Crippen LogP contribution >= 0.6 is 0 Å². The van der Waals surface area contributed by atoms with E-state index < -0.39 is 23.7 Å². The van der Waals surface area contributed by atoms with Crippen molar-refractivity contribution in [2.75, 3.05) is 27.4 Å². The number of esters is 1. The van der Waals surface area contributed by atoms with Gasteiger partial charge in [0.15, 0.2) is 11.5 Å². The number of aromatic carboxylic acids is 1. The molecule has 0 amide bonds. The van der Waals surface area contributed by atoms with Gasteiger partial charge in [0.2, 0.25) is 0 Å². The molecule has 250 valence electrons. The molecule has 0 bridgehead atoms. The van der Waals surface area contributed by atoms with Gasteiger partial charge in [0, 0.05) is 16.7 Å². The lowest BCUT2D eigenvalue weighted by Crippen LogP contribution is -2.18. The van der Waals surface area contributed by atoms with Gasteiger partial charge in [-0.2, -0.15) is 13.2 Å². The number of carboxylic acid groups (broad SMARTS) is 1. The summed E-state index contributed by atoms with van der Waals surface area (Å²) in [5.74, 6) is -0.0647. The first-order valence-electron chi connectivity index (χ1n) is 14.9. The van der Waals surface area contributed by atoms with Crippen LogP contribution in [0, 0.1) is 41.5 Å². The molecule has 46 heavy (non-hydrogen) atoms. The number of rotatable bonds is 14. The van der Waals surface area contributed by atoms with E-state index in [1.807, 2.05) is 20.8 Å². The summed E-state index contributed by atoms with van der Waals surface area (Å²) in [6, 6.07) is 4.65. The average molecular weight is 647 g/mol. The fraction of sp³-hybridized carbons (Fsp3) is 0.429. The Balaban J connectivity index is 1.64. The van der Waals surface area contributed by atoms with Crippen molar-refractivity contribution in [2.24, 2.45) is 0 Å². The number of carbonyl (C=O) groups excluding carboxylic acids is 1. The Morgan fingerprint density at radius 1 is 0.630 bits per heavy atom. The minimum Gasteiger partial charge on any atom is -0.496 e. The quantitative estimate of drug-likeness (QED) is 0.106. The van der Waals surface area contributed by atoms with Gasteiger partial charge in [-0.25, -0.2) is 9.59 Å². The molecule has 0 heterocycles. The number of carboxylic acids is 1. The zero-order valence-electron chi connectivity index (χ0n) is 27.5. The highest BCUT2D eigenvalue weighted by atomic mass is 19.4. The Bertz CT molecular complexity index is 1580. The van der Waals surface area contributed by atoms with E-state index in [0.717, 1.165) is 43.4 Å². The number of benzene rings is 3. The molecule has 0 saturated heterocycles. The Morgan fingerprint density at radius 3 is 1.67 bits per heavy atom. The third kappa shape index (κ3) is 7.86. The molecule has 0 aliphatic carbocycles. The zero-order chi connectivity index (χ0) is 34.3. The topological polar surface area (TPSA) is 101 Å². The molecule has 0 radical (unpaired) electrons. The highest BCUT2D eigenvalue weighted by Gasteiger charge is 2.31. The maximum absolute atomic E-state index is 13.6. The van der Waals surface area contributed by atoms with E-state index in [1.54, 1.807) is 20.8 Å². The van der Waals surface area contributed by atoms with Crippen molar-refractivity contribution in [2.45, 2.75) is 73.4 Å². The van der Waals surface area contributed by atoms with Gasteiger partial charge in [-0.15, -0.1) is 0 Å². The number of halogens is 3. The van der Waals surface area contributed by atoms with Gasteiger partial charge in [-0.3, -0.25) is 0 Å². The van der Waals surface area contributed by atoms with Gasteiger partial charge in [-0.05, 0) is 108 Å². The molecule has 0 aromatic heterocycles. The van der Waals surface area contributed by atoms with Crippen molar-refractivity contribution < 1.29 is 51.6 Å². The lowest BCUT2D eigenvalue weighted by atomic mass is 9.92. The van der Waals surface area contributed by atoms with Crippen molar-refractivity contribution in [1.82, 2.24) is 0 Å². The molecule has 0 fully saturated rings. The van der Waals surface area contributed by atoms with Crippen LogP contribution in [0.5, 0.6) is 28.7 Å². The minimum absolute atomic E-state index is 0.00230. The summed E-state index contributed by atoms with van der Waals surface area (Å²) in [6.07, 6.45) is -1.14. The predicted octanol–water partition coefficient (Wildman–Crippen LogP) is 8.51. The Hall–Kier alpha value is -4.41. The summed E-state index contributed by atoms with van der Waals surface area (Å²) in [4.78, 5) is 25.5. The maximum atomic E-state index is 13.6. The zero-order valence-corrected chi connectivity index (χ0v) is 27.5. The molecule has 0 spiro atoms. The van der Waals surface area contributed by atoms with Gasteiger partial charge in [0.1, 0.15) is 22.8 Å². The Labute approximate surface area is 267 Å². The second kappa shape index (κ2) is 15.2. The van der Waals surface area contributed by atoms with Crippen LogP contribution in [0.4, 0.5) is 13.2 Å². The second-order valence-corrected chi connectivity index (χ2v) is 11.1. The first-order chi connectivity index (χ1) is 21.6. The number of unbranched alkanes of at least 4 members (excludes halogenated alkanes) is 3. The molecule has 0 saturated carbocycles. The first kappa shape index (κ1) is 36.1. The Kier molecular flexibility index (Phi) is 12.0. The highest BCUT2D eigenvalue weighted by Crippen LogP contribution is 2.44. The van der Waals surface area contributed by atoms with Crippen LogP contribution < -0.4 is 23.7 Å². The lowest BCUT2D eigenvalue weighted by Gasteiger charge is -2.22. The first-order valence-corrected chi connectivity index (χ1v) is 14.9. The average Bonchev–Trinajstić information content (AvgIpc) is 3.00. The lowest BCUT2D eigenvalue weighted by molar-refractivity contribution is -0.137. The van der Waals surface area contributed by atoms with Crippen molar-refractivity contribution in [1.29, 1.82) is 0 Å². The summed E-state index contributed by atoms with van der Waals surface area (Å²) in [5, 5.41) is 9.72. The van der Waals surface area contributed by atoms with E-state index >= 15 is 0 Å². The van der Waals surface area contributed by atoms with Gasteiger partial charge in [0.05, 0.1) is 38.6 Å². The number of alkyl halides is 3. The number of hydrogen-bond donors (Lipinski definition) is 1. The summed E-state index contributed by atoms with van der Waals surface area (Å²) in [7, 11) is 2.84. The van der Waals surface area contributed by atoms with E-state index in [1.165, 1.54) is 26.4 Å². The standard InChI is InChI=1S/C35H41F3O8/c1-19-20(2)28(33(39)40)30(42-7)23(5)27(19)34(41)46-32-22(4)21(3)29(24(6)31(32)43-8)45-18-12-10-9-11-17-44-26-15-13-25(14-16-26)35(36,37)38/h13-16H,9-12,17-18H2,1-8H3,(H,39,40). The molecule has 3 rings (SSSR count). The molecule has 0 aliphatic rings. The van der Waals surface area contributed by atoms with Gasteiger partial charge in [-0.1, -0.05) is 0 Å². The Morgan fingerprint density at radius 2 is 1.15 bits per heavy atom. The van der Waals surface area contributed by atoms with Gasteiger partial charge >= 0.3 is 18.1 Å². The number of methoxy groups -OCH3 is 2. The molecular formula is C35H41F3O8. The monoisotopic (exact) mass is 646 g/mol. The molecule has 0 unspecified atom stereocenters. The van der Waals surface area contributed by atoms with Crippen molar-refractivity contribution >= 4 is 11.9 Å². The number of carbonyl (C=O) groups is 2. The molecule has 3 aromatic carbocycles. The maximum Gasteiger partial charge on any atom is 0.416 e. The van der Waals surface area contributed by atoms with E-state index in [0.29, 0.717) is 58.3 Å². The summed E-state index contributed by atoms with van der Waals surface area (Å²) >= 11 is 0. The third-order valence-corrected chi connectivity index (χ3v) is 8.14. The van der Waals surface area contributed by atoms with Crippen LogP contribution in [0.15, 0.2) is 24.3 Å². The third-order valence-electron chi connectivity index (χ3n) is 8.14. The van der Waals surface area contributed by atoms with E-state index in [4.69, 9.17) is 23.7 Å². The van der Waals surface area contributed by atoms with Crippen LogP contribution in [-0.2, 0) is 6.18 Å². The van der Waals surface area contributed by atoms with Crippen LogP contribution in [0.1, 0.15) is 85.3 Å². The number of hydrogen-bond acceptors (Lipinski definition) is 7. The molecule has 0 atom stereocenters. The SMILES string of the molecule is COc1c(C)c(OCCCCCCOc2ccc(C(F)(F)F)cc2)c(C)c(C)c1OC(=O)c1c(C)c(C)c(C(=O)O)c(OC)c1C. The van der Waals surface area contributed by atoms with Crippen molar-refractivity contribution in [3.8, 4) is 28.7 Å². The molecule has 3 aromatic rings. The number of ether oxygens (including phenoxy) is 5. The predicted molar refractivity (Wildman–Crippen MR) is 167 cm³/mol. The highest BCUT2D eigenvalue weighted by molar-refractivity contribution is 6.01.